The van der Waals surface area contributed by atoms with Gasteiger partial charge in [0, 0.05) is 11.1 Å². The topological polar surface area (TPSA) is 71.3 Å². The molecule has 0 aliphatic heterocycles. The Bertz CT molecular complexity index is 1160. The number of nitrogens with one attached hydrogen (secondary N) is 1. The molecule has 0 bridgehead atoms. The third-order valence-corrected chi connectivity index (χ3v) is 4.88. The lowest BCUT2D eigenvalue weighted by Gasteiger charge is -2.12. The minimum atomic E-state index is -0.526. The van der Waals surface area contributed by atoms with Gasteiger partial charge < -0.3 is 14.8 Å². The highest BCUT2D eigenvalue weighted by molar-refractivity contribution is 6.31. The molecule has 0 heterocycles. The summed E-state index contributed by atoms with van der Waals surface area (Å²) < 4.78 is 10.5. The maximum Gasteiger partial charge on any atom is 0.266 e. The largest absolute Gasteiger partial charge is 0.497 e. The van der Waals surface area contributed by atoms with Crippen molar-refractivity contribution in [2.75, 3.05) is 19.5 Å². The number of carbonyl (C=O) groups is 1. The van der Waals surface area contributed by atoms with E-state index in [1.807, 2.05) is 49.4 Å². The molecule has 6 heteroatoms. The molecular weight excluding hydrogens is 388 g/mol. The number of amides is 1. The minimum absolute atomic E-state index is 0.0208. The average molecular weight is 407 g/mol. The Kier molecular flexibility index (Phi) is 6.06. The molecule has 0 spiro atoms. The van der Waals surface area contributed by atoms with Crippen molar-refractivity contribution >= 4 is 40.0 Å². The summed E-state index contributed by atoms with van der Waals surface area (Å²) in [5, 5.41) is 14.7. The normalized spacial score (nSPS) is 11.1. The van der Waals surface area contributed by atoms with Crippen LogP contribution in [0.2, 0.25) is 5.02 Å². The zero-order valence-electron chi connectivity index (χ0n) is 16.2. The number of anilines is 1. The van der Waals surface area contributed by atoms with Gasteiger partial charge >= 0.3 is 0 Å². The van der Waals surface area contributed by atoms with Gasteiger partial charge in [-0.2, -0.15) is 5.26 Å². The zero-order valence-corrected chi connectivity index (χ0v) is 17.0. The van der Waals surface area contributed by atoms with E-state index in [9.17, 15) is 10.1 Å². The number of methoxy groups -OCH3 is 2. The van der Waals surface area contributed by atoms with Gasteiger partial charge in [-0.15, -0.1) is 0 Å². The summed E-state index contributed by atoms with van der Waals surface area (Å²) in [6.07, 6.45) is 1.55. The zero-order chi connectivity index (χ0) is 21.0. The van der Waals surface area contributed by atoms with Crippen molar-refractivity contribution in [3.8, 4) is 17.6 Å². The molecule has 0 saturated heterocycles. The summed E-state index contributed by atoms with van der Waals surface area (Å²) in [6, 6.07) is 16.7. The van der Waals surface area contributed by atoms with E-state index in [1.165, 1.54) is 7.11 Å². The number of aryl methyl sites for hydroxylation is 1. The third-order valence-electron chi connectivity index (χ3n) is 4.48. The van der Waals surface area contributed by atoms with Crippen molar-refractivity contribution in [3.05, 3.63) is 70.3 Å². The van der Waals surface area contributed by atoms with Crippen molar-refractivity contribution in [3.63, 3.8) is 0 Å². The molecule has 0 saturated carbocycles. The standard InChI is InChI=1S/C23H19ClN2O3/c1-14-8-21(22(29-3)12-20(14)24)26-23(27)18(13-25)10-15-4-5-17-11-19(28-2)7-6-16(17)9-15/h4-12H,1-3H3,(H,26,27)/b18-10-. The quantitative estimate of drug-likeness (QED) is 0.457. The van der Waals surface area contributed by atoms with Gasteiger partial charge in [0.25, 0.3) is 5.91 Å². The van der Waals surface area contributed by atoms with Crippen LogP contribution in [-0.2, 0) is 4.79 Å². The van der Waals surface area contributed by atoms with Crippen molar-refractivity contribution in [2.45, 2.75) is 6.92 Å². The summed E-state index contributed by atoms with van der Waals surface area (Å²) in [6.45, 7) is 1.82. The number of nitrogens with zero attached hydrogens (tertiary/aromatic N) is 1. The Balaban J connectivity index is 1.90. The van der Waals surface area contributed by atoms with E-state index in [-0.39, 0.29) is 5.57 Å². The van der Waals surface area contributed by atoms with Crippen LogP contribution in [0.3, 0.4) is 0 Å². The number of hydrogen-bond donors (Lipinski definition) is 1. The predicted molar refractivity (Wildman–Crippen MR) is 115 cm³/mol. The molecule has 0 unspecified atom stereocenters. The number of carbonyl (C=O) groups excluding carboxylic acids is 1. The van der Waals surface area contributed by atoms with Gasteiger partial charge in [0.2, 0.25) is 0 Å². The maximum atomic E-state index is 12.7. The lowest BCUT2D eigenvalue weighted by molar-refractivity contribution is -0.112. The Morgan fingerprint density at radius 3 is 2.48 bits per heavy atom. The van der Waals surface area contributed by atoms with Crippen molar-refractivity contribution < 1.29 is 14.3 Å². The van der Waals surface area contributed by atoms with E-state index in [4.69, 9.17) is 21.1 Å². The van der Waals surface area contributed by atoms with Crippen LogP contribution in [0.15, 0.2) is 54.1 Å². The van der Waals surface area contributed by atoms with E-state index in [0.29, 0.717) is 16.5 Å². The van der Waals surface area contributed by atoms with Crippen LogP contribution in [0, 0.1) is 18.3 Å². The highest BCUT2D eigenvalue weighted by atomic mass is 35.5. The third kappa shape index (κ3) is 4.50. The van der Waals surface area contributed by atoms with Gasteiger partial charge in [-0.05, 0) is 59.2 Å². The van der Waals surface area contributed by atoms with Crippen molar-refractivity contribution in [1.29, 1.82) is 5.26 Å². The van der Waals surface area contributed by atoms with Gasteiger partial charge in [-0.3, -0.25) is 4.79 Å². The van der Waals surface area contributed by atoms with Crippen LogP contribution < -0.4 is 14.8 Å². The number of fused-ring (bicyclic) bond motifs is 1. The van der Waals surface area contributed by atoms with Crippen LogP contribution in [0.25, 0.3) is 16.8 Å². The Morgan fingerprint density at radius 1 is 1.07 bits per heavy atom. The second-order valence-corrected chi connectivity index (χ2v) is 6.81. The molecule has 1 N–H and O–H groups in total. The number of rotatable bonds is 5. The number of nitriles is 1. The molecule has 146 valence electrons. The minimum Gasteiger partial charge on any atom is -0.497 e. The molecule has 5 nitrogen and oxygen atoms in total. The fourth-order valence-corrected chi connectivity index (χ4v) is 3.05. The highest BCUT2D eigenvalue weighted by Gasteiger charge is 2.14. The molecule has 3 rings (SSSR count). The molecule has 0 aliphatic rings. The SMILES string of the molecule is COc1ccc2cc(/C=C(/C#N)C(=O)Nc3cc(C)c(Cl)cc3OC)ccc2c1. The summed E-state index contributed by atoms with van der Waals surface area (Å²) in [7, 11) is 3.11. The average Bonchev–Trinajstić information content (AvgIpc) is 2.73. The van der Waals surface area contributed by atoms with E-state index >= 15 is 0 Å². The molecule has 0 atom stereocenters. The monoisotopic (exact) mass is 406 g/mol. The first-order valence-corrected chi connectivity index (χ1v) is 9.18. The first-order valence-electron chi connectivity index (χ1n) is 8.80. The molecule has 1 amide bonds. The first kappa shape index (κ1) is 20.2. The molecule has 0 aliphatic carbocycles. The smallest absolute Gasteiger partial charge is 0.266 e. The van der Waals surface area contributed by atoms with Crippen LogP contribution in [-0.4, -0.2) is 20.1 Å². The fourth-order valence-electron chi connectivity index (χ4n) is 2.89. The Morgan fingerprint density at radius 2 is 1.79 bits per heavy atom. The van der Waals surface area contributed by atoms with Crippen LogP contribution in [0.5, 0.6) is 11.5 Å². The number of halogens is 1. The molecule has 3 aromatic rings. The van der Waals surface area contributed by atoms with E-state index in [2.05, 4.69) is 5.32 Å². The Labute approximate surface area is 174 Å². The summed E-state index contributed by atoms with van der Waals surface area (Å²) >= 11 is 6.10. The van der Waals surface area contributed by atoms with Gasteiger partial charge in [-0.1, -0.05) is 29.8 Å². The Hall–Kier alpha value is -3.49. The second kappa shape index (κ2) is 8.68. The maximum absolute atomic E-state index is 12.7. The van der Waals surface area contributed by atoms with Gasteiger partial charge in [-0.25, -0.2) is 0 Å². The van der Waals surface area contributed by atoms with Crippen molar-refractivity contribution in [2.24, 2.45) is 0 Å². The summed E-state index contributed by atoms with van der Waals surface area (Å²) in [4.78, 5) is 12.7. The molecule has 0 radical (unpaired) electrons. The number of hydrogen-bond acceptors (Lipinski definition) is 4. The van der Waals surface area contributed by atoms with Crippen LogP contribution in [0.1, 0.15) is 11.1 Å². The summed E-state index contributed by atoms with van der Waals surface area (Å²) in [5.41, 5.74) is 1.96. The van der Waals surface area contributed by atoms with E-state index in [0.717, 1.165) is 27.6 Å². The van der Waals surface area contributed by atoms with Crippen LogP contribution >= 0.6 is 11.6 Å². The summed E-state index contributed by atoms with van der Waals surface area (Å²) in [5.74, 6) is 0.665. The molecule has 0 aromatic heterocycles. The number of ether oxygens (including phenoxy) is 2. The fraction of sp³-hybridized carbons (Fsp3) is 0.130. The lowest BCUT2D eigenvalue weighted by atomic mass is 10.0. The number of benzene rings is 3. The van der Waals surface area contributed by atoms with E-state index in [1.54, 1.807) is 25.3 Å². The molecule has 29 heavy (non-hydrogen) atoms. The molecule has 0 fully saturated rings. The highest BCUT2D eigenvalue weighted by Crippen LogP contribution is 2.31. The molecular formula is C23H19ClN2O3. The van der Waals surface area contributed by atoms with Gasteiger partial charge in [0.15, 0.2) is 0 Å². The lowest BCUT2D eigenvalue weighted by Crippen LogP contribution is -2.14. The van der Waals surface area contributed by atoms with Gasteiger partial charge in [0.1, 0.15) is 23.1 Å². The molecule has 3 aromatic carbocycles. The van der Waals surface area contributed by atoms with Crippen LogP contribution in [0.4, 0.5) is 5.69 Å². The van der Waals surface area contributed by atoms with E-state index < -0.39 is 5.91 Å². The van der Waals surface area contributed by atoms with Gasteiger partial charge in [0.05, 0.1) is 19.9 Å². The second-order valence-electron chi connectivity index (χ2n) is 6.40. The van der Waals surface area contributed by atoms with Crippen molar-refractivity contribution in [1.82, 2.24) is 0 Å². The predicted octanol–water partition coefficient (Wildman–Crippen LogP) is 5.36. The first-order chi connectivity index (χ1) is 13.9.